The average Bonchev–Trinajstić information content (AvgIpc) is 3.26. The lowest BCUT2D eigenvalue weighted by atomic mass is 9.96. The topological polar surface area (TPSA) is 69.7 Å². The molecule has 0 saturated carbocycles. The number of carbonyl (C=O) groups excluding carboxylic acids is 1. The summed E-state index contributed by atoms with van der Waals surface area (Å²) in [6, 6.07) is 19.9. The van der Waals surface area contributed by atoms with Crippen molar-refractivity contribution in [2.24, 2.45) is 0 Å². The molecule has 0 unspecified atom stereocenters. The van der Waals surface area contributed by atoms with Crippen molar-refractivity contribution in [3.8, 4) is 16.9 Å². The molecule has 5 rings (SSSR count). The smallest absolute Gasteiger partial charge is 0.336 e. The molecular formula is C30H25BrO5. The van der Waals surface area contributed by atoms with Crippen molar-refractivity contribution in [3.05, 3.63) is 98.5 Å². The van der Waals surface area contributed by atoms with E-state index >= 15 is 0 Å². The molecule has 0 aliphatic carbocycles. The van der Waals surface area contributed by atoms with Gasteiger partial charge in [-0.2, -0.15) is 0 Å². The number of aryl methyl sites for hydroxylation is 1. The van der Waals surface area contributed by atoms with Crippen LogP contribution in [0.4, 0.5) is 0 Å². The Labute approximate surface area is 216 Å². The fourth-order valence-electron chi connectivity index (χ4n) is 4.44. The van der Waals surface area contributed by atoms with Crippen molar-refractivity contribution < 1.29 is 18.4 Å². The van der Waals surface area contributed by atoms with Gasteiger partial charge in [-0.05, 0) is 60.9 Å². The number of ether oxygens (including phenoxy) is 1. The minimum absolute atomic E-state index is 0.183. The maximum Gasteiger partial charge on any atom is 0.336 e. The lowest BCUT2D eigenvalue weighted by Crippen LogP contribution is -2.03. The van der Waals surface area contributed by atoms with E-state index in [2.05, 4.69) is 22.9 Å². The highest BCUT2D eigenvalue weighted by molar-refractivity contribution is 9.10. The molecule has 0 radical (unpaired) electrons. The number of carbonyl (C=O) groups is 1. The van der Waals surface area contributed by atoms with E-state index in [1.165, 1.54) is 6.07 Å². The van der Waals surface area contributed by atoms with Crippen LogP contribution in [0.15, 0.2) is 84.8 Å². The second-order valence-electron chi connectivity index (χ2n) is 8.79. The number of halogens is 1. The fourth-order valence-corrected chi connectivity index (χ4v) is 4.84. The largest absolute Gasteiger partial charge is 0.494 e. The molecule has 0 amide bonds. The number of hydrogen-bond acceptors (Lipinski definition) is 5. The van der Waals surface area contributed by atoms with Gasteiger partial charge in [-0.1, -0.05) is 60.0 Å². The Kier molecular flexibility index (Phi) is 6.79. The van der Waals surface area contributed by atoms with Crippen molar-refractivity contribution in [2.45, 2.75) is 33.1 Å². The van der Waals surface area contributed by atoms with E-state index in [4.69, 9.17) is 13.6 Å². The predicted molar refractivity (Wildman–Crippen MR) is 145 cm³/mol. The van der Waals surface area contributed by atoms with Crippen LogP contribution in [-0.4, -0.2) is 12.4 Å². The molecule has 2 aromatic heterocycles. The number of rotatable bonds is 8. The highest BCUT2D eigenvalue weighted by Crippen LogP contribution is 2.41. The molecule has 0 aliphatic rings. The third-order valence-electron chi connectivity index (χ3n) is 6.20. The number of hydrogen-bond donors (Lipinski definition) is 0. The minimum atomic E-state index is -0.449. The van der Waals surface area contributed by atoms with Gasteiger partial charge in [-0.3, -0.25) is 4.79 Å². The van der Waals surface area contributed by atoms with E-state index in [0.29, 0.717) is 40.0 Å². The first kappa shape index (κ1) is 24.1. The van der Waals surface area contributed by atoms with Crippen molar-refractivity contribution in [2.75, 3.05) is 6.61 Å². The Morgan fingerprint density at radius 1 is 0.972 bits per heavy atom. The predicted octanol–water partition coefficient (Wildman–Crippen LogP) is 8.08. The Hall–Kier alpha value is -3.64. The maximum absolute atomic E-state index is 13.8. The van der Waals surface area contributed by atoms with Crippen molar-refractivity contribution in [1.82, 2.24) is 0 Å². The van der Waals surface area contributed by atoms with Crippen LogP contribution in [-0.2, 0) is 0 Å². The molecule has 0 bridgehead atoms. The summed E-state index contributed by atoms with van der Waals surface area (Å²) in [5.41, 5.74) is 3.05. The molecule has 2 heterocycles. The maximum atomic E-state index is 13.8. The average molecular weight is 545 g/mol. The summed E-state index contributed by atoms with van der Waals surface area (Å²) in [5, 5.41) is 1.39. The van der Waals surface area contributed by atoms with E-state index in [9.17, 15) is 9.59 Å². The van der Waals surface area contributed by atoms with Gasteiger partial charge < -0.3 is 13.6 Å². The quantitative estimate of drug-likeness (QED) is 0.112. The van der Waals surface area contributed by atoms with Crippen LogP contribution in [0.5, 0.6) is 5.75 Å². The molecule has 0 aliphatic heterocycles. The summed E-state index contributed by atoms with van der Waals surface area (Å²) in [6.45, 7) is 4.61. The van der Waals surface area contributed by atoms with E-state index in [1.807, 2.05) is 55.5 Å². The van der Waals surface area contributed by atoms with E-state index in [-0.39, 0.29) is 11.5 Å². The van der Waals surface area contributed by atoms with Crippen LogP contribution in [0.2, 0.25) is 0 Å². The van der Waals surface area contributed by atoms with Crippen LogP contribution in [0.1, 0.15) is 47.9 Å². The minimum Gasteiger partial charge on any atom is -0.494 e. The SMILES string of the molecule is CCCCCOc1cccc(C(=O)c2oc3ccc4c(C)cc(=O)oc4c3c2-c2cccc(Br)c2)c1. The van der Waals surface area contributed by atoms with E-state index in [0.717, 1.165) is 40.2 Å². The van der Waals surface area contributed by atoms with Crippen LogP contribution < -0.4 is 10.4 Å². The zero-order valence-electron chi connectivity index (χ0n) is 20.1. The number of fused-ring (bicyclic) bond motifs is 3. The summed E-state index contributed by atoms with van der Waals surface area (Å²) in [5.74, 6) is 0.551. The molecule has 182 valence electrons. The number of benzene rings is 3. The number of ketones is 1. The Morgan fingerprint density at radius 3 is 2.61 bits per heavy atom. The number of furan rings is 1. The normalized spacial score (nSPS) is 11.3. The standard InChI is InChI=1S/C30H25BrO5/c1-3-4-5-14-34-22-11-7-9-20(17-22)28(33)30-26(19-8-6-10-21(31)16-19)27-24(35-30)13-12-23-18(2)15-25(32)36-29(23)27/h6-13,15-17H,3-5,14H2,1-2H3. The first-order chi connectivity index (χ1) is 17.5. The molecule has 5 aromatic rings. The van der Waals surface area contributed by atoms with Crippen LogP contribution in [0.3, 0.4) is 0 Å². The molecule has 5 nitrogen and oxygen atoms in total. The zero-order valence-corrected chi connectivity index (χ0v) is 21.7. The summed E-state index contributed by atoms with van der Waals surface area (Å²) in [6.07, 6.45) is 3.17. The van der Waals surface area contributed by atoms with Crippen molar-refractivity contribution >= 4 is 43.7 Å². The fraction of sp³-hybridized carbons (Fsp3) is 0.200. The summed E-state index contributed by atoms with van der Waals surface area (Å²) in [4.78, 5) is 26.1. The molecule has 0 fully saturated rings. The third-order valence-corrected chi connectivity index (χ3v) is 6.70. The summed E-state index contributed by atoms with van der Waals surface area (Å²) in [7, 11) is 0. The van der Waals surface area contributed by atoms with E-state index < -0.39 is 5.63 Å². The van der Waals surface area contributed by atoms with Gasteiger partial charge in [-0.15, -0.1) is 0 Å². The lowest BCUT2D eigenvalue weighted by Gasteiger charge is -2.08. The Morgan fingerprint density at radius 2 is 1.81 bits per heavy atom. The highest BCUT2D eigenvalue weighted by atomic mass is 79.9. The Balaban J connectivity index is 1.70. The monoisotopic (exact) mass is 544 g/mol. The molecule has 3 aromatic carbocycles. The summed E-state index contributed by atoms with van der Waals surface area (Å²) < 4.78 is 18.6. The number of unbranched alkanes of at least 4 members (excludes halogenated alkanes) is 2. The first-order valence-corrected chi connectivity index (χ1v) is 12.8. The van der Waals surface area contributed by atoms with Gasteiger partial charge in [0, 0.05) is 27.1 Å². The Bertz CT molecular complexity index is 1640. The van der Waals surface area contributed by atoms with Crippen LogP contribution in [0.25, 0.3) is 33.1 Å². The van der Waals surface area contributed by atoms with Crippen LogP contribution >= 0.6 is 15.9 Å². The molecular weight excluding hydrogens is 520 g/mol. The molecule has 0 saturated heterocycles. The molecule has 0 spiro atoms. The van der Waals surface area contributed by atoms with Crippen molar-refractivity contribution in [3.63, 3.8) is 0 Å². The van der Waals surface area contributed by atoms with Gasteiger partial charge in [0.25, 0.3) is 0 Å². The van der Waals surface area contributed by atoms with Gasteiger partial charge >= 0.3 is 5.63 Å². The van der Waals surface area contributed by atoms with Gasteiger partial charge in [0.05, 0.1) is 12.0 Å². The third kappa shape index (κ3) is 4.61. The van der Waals surface area contributed by atoms with Gasteiger partial charge in [0.15, 0.2) is 5.76 Å². The molecule has 0 atom stereocenters. The van der Waals surface area contributed by atoms with Gasteiger partial charge in [-0.25, -0.2) is 4.79 Å². The molecule has 36 heavy (non-hydrogen) atoms. The molecule has 6 heteroatoms. The zero-order chi connectivity index (χ0) is 25.2. The highest BCUT2D eigenvalue weighted by Gasteiger charge is 2.26. The lowest BCUT2D eigenvalue weighted by molar-refractivity contribution is 0.101. The van der Waals surface area contributed by atoms with Gasteiger partial charge in [0.1, 0.15) is 16.9 Å². The van der Waals surface area contributed by atoms with Crippen molar-refractivity contribution in [1.29, 1.82) is 0 Å². The second-order valence-corrected chi connectivity index (χ2v) is 9.71. The van der Waals surface area contributed by atoms with Crippen LogP contribution in [0, 0.1) is 6.92 Å². The summed E-state index contributed by atoms with van der Waals surface area (Å²) >= 11 is 3.53. The first-order valence-electron chi connectivity index (χ1n) is 12.0. The van der Waals surface area contributed by atoms with Gasteiger partial charge in [0.2, 0.25) is 5.78 Å². The second kappa shape index (κ2) is 10.2. The van der Waals surface area contributed by atoms with E-state index in [1.54, 1.807) is 12.1 Å². The molecule has 0 N–H and O–H groups in total.